The van der Waals surface area contributed by atoms with Crippen LogP contribution in [0.5, 0.6) is 5.75 Å². The first kappa shape index (κ1) is 32.7. The number of carbonyl (C=O) groups excluding carboxylic acids is 2. The standard InChI is InChI=1S/C37H44FN3O6/c1-23-9-7-10-28(30-11-8-12-32(39-30)41-20-26-19-37(26,34(42)45-6)31(41)22-44-5)33(23)46-21-24-17-25-13-15-40(35(43)47-36(2,3)4)16-14-27(25)29(38)18-24/h7-12,17-18,26,31H,13-16,19-22H2,1-6H3/t26-,31+,37+/m0/s1. The summed E-state index contributed by atoms with van der Waals surface area (Å²) in [4.78, 5) is 34.4. The van der Waals surface area contributed by atoms with E-state index in [-0.39, 0.29) is 36.4 Å². The number of piperidine rings is 1. The van der Waals surface area contributed by atoms with Gasteiger partial charge in [-0.25, -0.2) is 14.2 Å². The minimum Gasteiger partial charge on any atom is -0.488 e. The zero-order chi connectivity index (χ0) is 33.5. The third kappa shape index (κ3) is 6.40. The van der Waals surface area contributed by atoms with E-state index in [4.69, 9.17) is 23.9 Å². The van der Waals surface area contributed by atoms with Crippen LogP contribution in [0.4, 0.5) is 15.0 Å². The molecule has 0 N–H and O–H groups in total. The summed E-state index contributed by atoms with van der Waals surface area (Å²) in [5, 5.41) is 0. The molecular formula is C37H44FN3O6. The molecule has 2 aromatic carbocycles. The molecule has 3 aliphatic rings. The van der Waals surface area contributed by atoms with Crippen molar-refractivity contribution < 1.29 is 32.9 Å². The molecule has 1 aromatic heterocycles. The molecular weight excluding hydrogens is 601 g/mol. The summed E-state index contributed by atoms with van der Waals surface area (Å²) in [6.45, 7) is 9.63. The Balaban J connectivity index is 1.21. The summed E-state index contributed by atoms with van der Waals surface area (Å²) >= 11 is 0. The van der Waals surface area contributed by atoms with Crippen LogP contribution >= 0.6 is 0 Å². The zero-order valence-electron chi connectivity index (χ0n) is 28.1. The Labute approximate surface area is 276 Å². The summed E-state index contributed by atoms with van der Waals surface area (Å²) in [7, 11) is 3.09. The number of nitrogens with zero attached hydrogens (tertiary/aromatic N) is 3. The molecule has 0 radical (unpaired) electrons. The smallest absolute Gasteiger partial charge is 0.410 e. The molecule has 1 saturated carbocycles. The van der Waals surface area contributed by atoms with E-state index in [1.165, 1.54) is 13.2 Å². The van der Waals surface area contributed by atoms with Gasteiger partial charge in [-0.15, -0.1) is 0 Å². The number of fused-ring (bicyclic) bond motifs is 2. The molecule has 10 heteroatoms. The van der Waals surface area contributed by atoms with Gasteiger partial charge in [0.15, 0.2) is 0 Å². The fraction of sp³-hybridized carbons (Fsp3) is 0.486. The number of methoxy groups -OCH3 is 2. The highest BCUT2D eigenvalue weighted by Gasteiger charge is 2.71. The van der Waals surface area contributed by atoms with Gasteiger partial charge in [-0.3, -0.25) is 4.79 Å². The molecule has 3 aromatic rings. The van der Waals surface area contributed by atoms with Gasteiger partial charge in [-0.1, -0.05) is 24.3 Å². The molecule has 1 saturated heterocycles. The van der Waals surface area contributed by atoms with Crippen molar-refractivity contribution in [2.45, 2.75) is 65.2 Å². The molecule has 2 fully saturated rings. The Hall–Kier alpha value is -4.18. The number of hydrogen-bond acceptors (Lipinski definition) is 8. The molecule has 0 bridgehead atoms. The number of carbonyl (C=O) groups is 2. The lowest BCUT2D eigenvalue weighted by Gasteiger charge is -2.31. The Morgan fingerprint density at radius 2 is 1.83 bits per heavy atom. The summed E-state index contributed by atoms with van der Waals surface area (Å²) in [5.74, 6) is 1.17. The summed E-state index contributed by atoms with van der Waals surface area (Å²) < 4.78 is 38.2. The Kier molecular flexibility index (Phi) is 8.91. The summed E-state index contributed by atoms with van der Waals surface area (Å²) in [6, 6.07) is 15.1. The number of aromatic nitrogens is 1. The molecule has 1 amide bonds. The van der Waals surface area contributed by atoms with E-state index in [9.17, 15) is 9.59 Å². The second kappa shape index (κ2) is 12.8. The van der Waals surface area contributed by atoms with E-state index in [2.05, 4.69) is 4.90 Å². The predicted molar refractivity (Wildman–Crippen MR) is 176 cm³/mol. The third-order valence-electron chi connectivity index (χ3n) is 9.61. The van der Waals surface area contributed by atoms with Crippen LogP contribution in [-0.4, -0.2) is 74.1 Å². The number of rotatable bonds is 8. The molecule has 3 atom stereocenters. The largest absolute Gasteiger partial charge is 0.488 e. The van der Waals surface area contributed by atoms with Gasteiger partial charge in [0, 0.05) is 32.3 Å². The van der Waals surface area contributed by atoms with Crippen molar-refractivity contribution in [2.24, 2.45) is 11.3 Å². The molecule has 9 nitrogen and oxygen atoms in total. The maximum atomic E-state index is 15.4. The van der Waals surface area contributed by atoms with Crippen LogP contribution < -0.4 is 9.64 Å². The van der Waals surface area contributed by atoms with Crippen LogP contribution in [0.2, 0.25) is 0 Å². The molecule has 3 heterocycles. The van der Waals surface area contributed by atoms with Gasteiger partial charge in [-0.2, -0.15) is 0 Å². The number of amides is 1. The molecule has 0 spiro atoms. The van der Waals surface area contributed by atoms with Gasteiger partial charge >= 0.3 is 12.1 Å². The van der Waals surface area contributed by atoms with E-state index in [1.54, 1.807) is 12.0 Å². The fourth-order valence-electron chi connectivity index (χ4n) is 7.25. The average Bonchev–Trinajstić information content (AvgIpc) is 3.73. The van der Waals surface area contributed by atoms with E-state index in [0.29, 0.717) is 50.4 Å². The Morgan fingerprint density at radius 1 is 1.06 bits per heavy atom. The normalized spacial score (nSPS) is 21.9. The van der Waals surface area contributed by atoms with Crippen molar-refractivity contribution in [1.29, 1.82) is 0 Å². The van der Waals surface area contributed by atoms with Crippen LogP contribution in [0.15, 0.2) is 48.5 Å². The lowest BCUT2D eigenvalue weighted by Crippen LogP contribution is -2.44. The van der Waals surface area contributed by atoms with Crippen molar-refractivity contribution in [3.8, 4) is 17.0 Å². The first-order valence-electron chi connectivity index (χ1n) is 16.3. The molecule has 47 heavy (non-hydrogen) atoms. The van der Waals surface area contributed by atoms with Crippen molar-refractivity contribution in [1.82, 2.24) is 9.88 Å². The van der Waals surface area contributed by atoms with Crippen LogP contribution in [0.1, 0.15) is 49.4 Å². The molecule has 2 aliphatic heterocycles. The highest BCUT2D eigenvalue weighted by Crippen LogP contribution is 2.62. The van der Waals surface area contributed by atoms with E-state index in [0.717, 1.165) is 40.2 Å². The van der Waals surface area contributed by atoms with Gasteiger partial charge in [0.2, 0.25) is 0 Å². The third-order valence-corrected chi connectivity index (χ3v) is 9.61. The van der Waals surface area contributed by atoms with Gasteiger partial charge in [0.1, 0.15) is 29.6 Å². The predicted octanol–water partition coefficient (Wildman–Crippen LogP) is 6.13. The monoisotopic (exact) mass is 645 g/mol. The first-order valence-corrected chi connectivity index (χ1v) is 16.3. The second-order valence-corrected chi connectivity index (χ2v) is 13.9. The maximum absolute atomic E-state index is 15.4. The summed E-state index contributed by atoms with van der Waals surface area (Å²) in [5.41, 5.74) is 3.58. The second-order valence-electron chi connectivity index (χ2n) is 13.9. The molecule has 0 unspecified atom stereocenters. The lowest BCUT2D eigenvalue weighted by molar-refractivity contribution is -0.148. The minimum atomic E-state index is -0.592. The number of ether oxygens (including phenoxy) is 4. The Morgan fingerprint density at radius 3 is 2.57 bits per heavy atom. The molecule has 1 aliphatic carbocycles. The zero-order valence-corrected chi connectivity index (χ0v) is 28.1. The Bertz CT molecular complexity index is 1670. The number of anilines is 1. The van der Waals surface area contributed by atoms with Crippen LogP contribution in [0, 0.1) is 24.1 Å². The summed E-state index contributed by atoms with van der Waals surface area (Å²) in [6.07, 6.45) is 1.38. The SMILES string of the molecule is COC[C@H]1N(c2cccc(-c3cccc(C)c3OCc3cc(F)c4c(c3)CCN(C(=O)OC(C)(C)C)CC4)n2)C[C@@H]2C[C@@]21C(=O)OC. The van der Waals surface area contributed by atoms with E-state index >= 15 is 4.39 Å². The van der Waals surface area contributed by atoms with Crippen molar-refractivity contribution in [3.05, 3.63) is 76.6 Å². The topological polar surface area (TPSA) is 90.4 Å². The van der Waals surface area contributed by atoms with Crippen molar-refractivity contribution in [2.75, 3.05) is 45.4 Å². The molecule has 250 valence electrons. The van der Waals surface area contributed by atoms with Gasteiger partial charge in [-0.05, 0) is 99.4 Å². The molecule has 6 rings (SSSR count). The van der Waals surface area contributed by atoms with Gasteiger partial charge in [0.25, 0.3) is 0 Å². The number of benzene rings is 2. The van der Waals surface area contributed by atoms with Crippen LogP contribution in [0.3, 0.4) is 0 Å². The number of pyridine rings is 1. The van der Waals surface area contributed by atoms with Crippen molar-refractivity contribution in [3.63, 3.8) is 0 Å². The number of para-hydroxylation sites is 1. The van der Waals surface area contributed by atoms with Gasteiger partial charge < -0.3 is 28.7 Å². The van der Waals surface area contributed by atoms with Crippen LogP contribution in [-0.2, 0) is 38.5 Å². The van der Waals surface area contributed by atoms with E-state index < -0.39 is 11.0 Å². The highest BCUT2D eigenvalue weighted by atomic mass is 19.1. The number of halogens is 1. The maximum Gasteiger partial charge on any atom is 0.410 e. The number of hydrogen-bond donors (Lipinski definition) is 0. The lowest BCUT2D eigenvalue weighted by atomic mass is 9.96. The number of esters is 1. The number of aryl methyl sites for hydroxylation is 1. The van der Waals surface area contributed by atoms with E-state index in [1.807, 2.05) is 70.2 Å². The average molecular weight is 646 g/mol. The fourth-order valence-corrected chi connectivity index (χ4v) is 7.25. The van der Waals surface area contributed by atoms with Gasteiger partial charge in [0.05, 0.1) is 30.9 Å². The van der Waals surface area contributed by atoms with Crippen molar-refractivity contribution >= 4 is 17.9 Å². The quantitative estimate of drug-likeness (QED) is 0.271. The first-order chi connectivity index (χ1) is 22.4. The highest BCUT2D eigenvalue weighted by molar-refractivity contribution is 5.84. The minimum absolute atomic E-state index is 0.166. The van der Waals surface area contributed by atoms with Crippen LogP contribution in [0.25, 0.3) is 11.3 Å².